The molecular weight excluding hydrogens is 493 g/mol. The van der Waals surface area contributed by atoms with Crippen molar-refractivity contribution < 1.29 is 9.84 Å². The topological polar surface area (TPSA) is 72.4 Å². The van der Waals surface area contributed by atoms with E-state index < -0.39 is 5.60 Å². The van der Waals surface area contributed by atoms with Gasteiger partial charge in [-0.05, 0) is 39.9 Å². The fourth-order valence-electron chi connectivity index (χ4n) is 3.42. The molecule has 0 saturated carbocycles. The summed E-state index contributed by atoms with van der Waals surface area (Å²) in [5.41, 5.74) is 0.452. The Bertz CT molecular complexity index is 607. The average Bonchev–Trinajstić information content (AvgIpc) is 2.70. The lowest BCUT2D eigenvalue weighted by Crippen LogP contribution is -2.49. The molecule has 0 spiro atoms. The minimum absolute atomic E-state index is 0. The first-order valence-corrected chi connectivity index (χ1v) is 10.6. The summed E-state index contributed by atoms with van der Waals surface area (Å²) in [5, 5.41) is 17.5. The van der Waals surface area contributed by atoms with E-state index in [4.69, 9.17) is 4.74 Å². The SMILES string of the molecule is CCNC(=NCC(C)(O)CN1CCOCC1)NCC(Cc1ccccc1)N(C)C.I. The molecule has 0 radical (unpaired) electrons. The third kappa shape index (κ3) is 10.4. The van der Waals surface area contributed by atoms with Crippen molar-refractivity contribution in [2.75, 3.05) is 66.6 Å². The van der Waals surface area contributed by atoms with E-state index in [2.05, 4.69) is 70.7 Å². The fraction of sp³-hybridized carbons (Fsp3) is 0.682. The summed E-state index contributed by atoms with van der Waals surface area (Å²) in [6, 6.07) is 10.9. The highest BCUT2D eigenvalue weighted by Gasteiger charge is 2.25. The first-order valence-electron chi connectivity index (χ1n) is 10.6. The molecule has 2 rings (SSSR count). The molecule has 172 valence electrons. The molecule has 1 heterocycles. The smallest absolute Gasteiger partial charge is 0.191 e. The van der Waals surface area contributed by atoms with Gasteiger partial charge in [0, 0.05) is 38.8 Å². The minimum atomic E-state index is -0.870. The Labute approximate surface area is 199 Å². The molecule has 0 aliphatic carbocycles. The van der Waals surface area contributed by atoms with Crippen LogP contribution in [0.5, 0.6) is 0 Å². The van der Waals surface area contributed by atoms with Crippen LogP contribution in [-0.4, -0.2) is 99.1 Å². The number of hydrogen-bond donors (Lipinski definition) is 3. The van der Waals surface area contributed by atoms with Gasteiger partial charge in [-0.2, -0.15) is 0 Å². The van der Waals surface area contributed by atoms with E-state index in [1.165, 1.54) is 5.56 Å². The van der Waals surface area contributed by atoms with Crippen molar-refractivity contribution in [3.05, 3.63) is 35.9 Å². The van der Waals surface area contributed by atoms with Gasteiger partial charge in [-0.1, -0.05) is 30.3 Å². The van der Waals surface area contributed by atoms with Gasteiger partial charge in [0.25, 0.3) is 0 Å². The number of benzene rings is 1. The Kier molecular flexibility index (Phi) is 12.8. The van der Waals surface area contributed by atoms with Crippen LogP contribution in [0.1, 0.15) is 19.4 Å². The van der Waals surface area contributed by atoms with Gasteiger partial charge >= 0.3 is 0 Å². The molecule has 2 unspecified atom stereocenters. The Balaban J connectivity index is 0.00000450. The van der Waals surface area contributed by atoms with Crippen LogP contribution >= 0.6 is 24.0 Å². The van der Waals surface area contributed by atoms with Crippen LogP contribution in [0.25, 0.3) is 0 Å². The Morgan fingerprint density at radius 2 is 1.90 bits per heavy atom. The third-order valence-corrected chi connectivity index (χ3v) is 5.14. The Hall–Kier alpha value is -0.940. The van der Waals surface area contributed by atoms with E-state index in [-0.39, 0.29) is 24.0 Å². The minimum Gasteiger partial charge on any atom is -0.387 e. The second-order valence-electron chi connectivity index (χ2n) is 8.27. The highest BCUT2D eigenvalue weighted by molar-refractivity contribution is 14.0. The molecule has 30 heavy (non-hydrogen) atoms. The maximum Gasteiger partial charge on any atom is 0.191 e. The van der Waals surface area contributed by atoms with Crippen LogP contribution < -0.4 is 10.6 Å². The van der Waals surface area contributed by atoms with Crippen LogP contribution in [-0.2, 0) is 11.2 Å². The lowest BCUT2D eigenvalue weighted by molar-refractivity contribution is -0.0180. The molecule has 1 fully saturated rings. The zero-order valence-corrected chi connectivity index (χ0v) is 21.3. The molecule has 3 N–H and O–H groups in total. The van der Waals surface area contributed by atoms with Crippen molar-refractivity contribution in [2.24, 2.45) is 4.99 Å². The van der Waals surface area contributed by atoms with Gasteiger partial charge in [0.1, 0.15) is 0 Å². The number of likely N-dealkylation sites (N-methyl/N-ethyl adjacent to an activating group) is 1. The van der Waals surface area contributed by atoms with Crippen molar-refractivity contribution in [1.29, 1.82) is 0 Å². The van der Waals surface area contributed by atoms with Crippen molar-refractivity contribution >= 4 is 29.9 Å². The molecule has 1 aliphatic heterocycles. The zero-order chi connectivity index (χ0) is 21.1. The molecule has 0 aromatic heterocycles. The number of aliphatic imine (C=N–C) groups is 1. The second-order valence-corrected chi connectivity index (χ2v) is 8.27. The normalized spacial score (nSPS) is 18.4. The molecule has 1 aliphatic rings. The number of ether oxygens (including phenoxy) is 1. The first kappa shape index (κ1) is 27.1. The molecule has 0 bridgehead atoms. The molecule has 1 aromatic rings. The summed E-state index contributed by atoms with van der Waals surface area (Å²) in [6.07, 6.45) is 0.967. The predicted molar refractivity (Wildman–Crippen MR) is 135 cm³/mol. The van der Waals surface area contributed by atoms with Crippen LogP contribution in [0, 0.1) is 0 Å². The van der Waals surface area contributed by atoms with Gasteiger partial charge in [-0.3, -0.25) is 9.89 Å². The molecule has 7 nitrogen and oxygen atoms in total. The standard InChI is InChI=1S/C22H39N5O2.HI/c1-5-23-21(25-17-22(2,28)18-27-11-13-29-14-12-27)24-16-20(26(3)4)15-19-9-7-6-8-10-19;/h6-10,20,28H,5,11-18H2,1-4H3,(H2,23,24,25);1H. The number of nitrogens with zero attached hydrogens (tertiary/aromatic N) is 3. The number of guanidine groups is 1. The molecule has 8 heteroatoms. The fourth-order valence-corrected chi connectivity index (χ4v) is 3.42. The Morgan fingerprint density at radius 1 is 1.23 bits per heavy atom. The number of morpholine rings is 1. The lowest BCUT2D eigenvalue weighted by atomic mass is 10.1. The number of β-amino-alcohol motifs (C(OH)–C–C–N with tert-alkyl or cyclic N) is 1. The highest BCUT2D eigenvalue weighted by atomic mass is 127. The van der Waals surface area contributed by atoms with E-state index in [0.29, 0.717) is 19.1 Å². The Morgan fingerprint density at radius 3 is 2.50 bits per heavy atom. The predicted octanol–water partition coefficient (Wildman–Crippen LogP) is 1.42. The molecule has 1 aromatic carbocycles. The summed E-state index contributed by atoms with van der Waals surface area (Å²) >= 11 is 0. The van der Waals surface area contributed by atoms with Crippen molar-refractivity contribution in [3.63, 3.8) is 0 Å². The number of aliphatic hydroxyl groups is 1. The van der Waals surface area contributed by atoms with Gasteiger partial charge in [0.2, 0.25) is 0 Å². The number of halogens is 1. The molecule has 1 saturated heterocycles. The van der Waals surface area contributed by atoms with Crippen LogP contribution in [0.15, 0.2) is 35.3 Å². The van der Waals surface area contributed by atoms with E-state index in [1.54, 1.807) is 0 Å². The summed E-state index contributed by atoms with van der Waals surface area (Å²) in [6.45, 7) is 9.61. The summed E-state index contributed by atoms with van der Waals surface area (Å²) in [7, 11) is 4.21. The van der Waals surface area contributed by atoms with Crippen LogP contribution in [0.3, 0.4) is 0 Å². The second kappa shape index (κ2) is 14.2. The van der Waals surface area contributed by atoms with Gasteiger partial charge in [0.15, 0.2) is 5.96 Å². The summed E-state index contributed by atoms with van der Waals surface area (Å²) in [5.74, 6) is 0.745. The lowest BCUT2D eigenvalue weighted by Gasteiger charge is -2.33. The quantitative estimate of drug-likeness (QED) is 0.240. The van der Waals surface area contributed by atoms with E-state index in [9.17, 15) is 5.11 Å². The molecular formula is C22H40IN5O2. The van der Waals surface area contributed by atoms with Gasteiger partial charge in [-0.15, -0.1) is 24.0 Å². The molecule has 2 atom stereocenters. The highest BCUT2D eigenvalue weighted by Crippen LogP contribution is 2.09. The van der Waals surface area contributed by atoms with Crippen molar-refractivity contribution in [1.82, 2.24) is 20.4 Å². The van der Waals surface area contributed by atoms with E-state index in [0.717, 1.165) is 51.8 Å². The van der Waals surface area contributed by atoms with Crippen molar-refractivity contribution in [2.45, 2.75) is 31.9 Å². The van der Waals surface area contributed by atoms with Gasteiger partial charge in [-0.25, -0.2) is 0 Å². The monoisotopic (exact) mass is 533 g/mol. The van der Waals surface area contributed by atoms with E-state index in [1.807, 2.05) is 13.0 Å². The number of rotatable bonds is 10. The van der Waals surface area contributed by atoms with E-state index >= 15 is 0 Å². The van der Waals surface area contributed by atoms with Crippen LogP contribution in [0.2, 0.25) is 0 Å². The number of nitrogens with one attached hydrogen (secondary N) is 2. The van der Waals surface area contributed by atoms with Crippen LogP contribution in [0.4, 0.5) is 0 Å². The maximum atomic E-state index is 10.8. The summed E-state index contributed by atoms with van der Waals surface area (Å²) in [4.78, 5) is 9.13. The maximum absolute atomic E-state index is 10.8. The molecule has 0 amide bonds. The summed E-state index contributed by atoms with van der Waals surface area (Å²) < 4.78 is 5.39. The average molecular weight is 533 g/mol. The first-order chi connectivity index (χ1) is 13.9. The largest absolute Gasteiger partial charge is 0.387 e. The van der Waals surface area contributed by atoms with Crippen molar-refractivity contribution in [3.8, 4) is 0 Å². The third-order valence-electron chi connectivity index (χ3n) is 5.14. The number of hydrogen-bond acceptors (Lipinski definition) is 5. The zero-order valence-electron chi connectivity index (χ0n) is 18.9. The van der Waals surface area contributed by atoms with Gasteiger partial charge in [0.05, 0.1) is 25.4 Å². The van der Waals surface area contributed by atoms with Gasteiger partial charge < -0.3 is 25.4 Å².